The lowest BCUT2D eigenvalue weighted by molar-refractivity contribution is 0.415. The Morgan fingerprint density at radius 3 is 1.37 bits per heavy atom. The fraction of sp³-hybridized carbons (Fsp3) is 0.130. The highest BCUT2D eigenvalue weighted by Gasteiger charge is 2.20. The Balaban J connectivity index is 1.42. The maximum atomic E-state index is 5.95. The smallest absolute Gasteiger partial charge is 0.121 e. The third kappa shape index (κ3) is 6.97. The van der Waals surface area contributed by atoms with Gasteiger partial charge in [0.15, 0.2) is 0 Å². The van der Waals surface area contributed by atoms with Crippen molar-refractivity contribution in [2.75, 3.05) is 19.1 Å². The summed E-state index contributed by atoms with van der Waals surface area (Å²) in [5, 5.41) is 0. The lowest BCUT2D eigenvalue weighted by Gasteiger charge is -2.29. The van der Waals surface area contributed by atoms with E-state index in [2.05, 4.69) is 148 Å². The summed E-state index contributed by atoms with van der Waals surface area (Å²) in [6.45, 7) is 8.47. The van der Waals surface area contributed by atoms with E-state index in [1.54, 1.807) is 14.2 Å². The van der Waals surface area contributed by atoms with Gasteiger partial charge in [-0.25, -0.2) is 0 Å². The molecule has 252 valence electrons. The van der Waals surface area contributed by atoms with Gasteiger partial charge in [0, 0.05) is 41.3 Å². The largest absolute Gasteiger partial charge is 0.497 e. The first kappa shape index (κ1) is 33.3. The molecule has 0 saturated heterocycles. The molecule has 2 aromatic heterocycles. The van der Waals surface area contributed by atoms with E-state index in [0.717, 1.165) is 95.6 Å². The maximum absolute atomic E-state index is 5.95. The topological polar surface area (TPSA) is 47.5 Å². The van der Waals surface area contributed by atoms with E-state index in [9.17, 15) is 0 Å². The van der Waals surface area contributed by atoms with Gasteiger partial charge in [0.1, 0.15) is 11.5 Å². The molecule has 0 fully saturated rings. The van der Waals surface area contributed by atoms with E-state index >= 15 is 0 Å². The molecule has 0 N–H and O–H groups in total. The van der Waals surface area contributed by atoms with E-state index in [1.807, 2.05) is 24.5 Å². The van der Waals surface area contributed by atoms with Crippen LogP contribution < -0.4 is 14.4 Å². The van der Waals surface area contributed by atoms with E-state index < -0.39 is 0 Å². The fourth-order valence-corrected chi connectivity index (χ4v) is 6.56. The number of ether oxygens (including phenoxy) is 2. The molecule has 0 aliphatic carbocycles. The average molecular weight is 668 g/mol. The van der Waals surface area contributed by atoms with Gasteiger partial charge in [-0.15, -0.1) is 0 Å². The number of pyridine rings is 2. The van der Waals surface area contributed by atoms with Crippen molar-refractivity contribution in [1.82, 2.24) is 9.97 Å². The van der Waals surface area contributed by atoms with Crippen LogP contribution in [-0.4, -0.2) is 24.2 Å². The molecule has 0 radical (unpaired) electrons. The van der Waals surface area contributed by atoms with Crippen molar-refractivity contribution >= 4 is 17.1 Å². The molecule has 5 heteroatoms. The highest BCUT2D eigenvalue weighted by Crippen LogP contribution is 2.43. The summed E-state index contributed by atoms with van der Waals surface area (Å²) < 4.78 is 11.9. The molecule has 5 nitrogen and oxygen atoms in total. The lowest BCUT2D eigenvalue weighted by atomic mass is 9.98. The molecule has 51 heavy (non-hydrogen) atoms. The van der Waals surface area contributed by atoms with Gasteiger partial charge in [0.2, 0.25) is 0 Å². The molecular weight excluding hydrogens is 627 g/mol. The van der Waals surface area contributed by atoms with E-state index in [4.69, 9.17) is 19.4 Å². The molecule has 0 spiro atoms. The van der Waals surface area contributed by atoms with Gasteiger partial charge in [-0.2, -0.15) is 0 Å². The molecule has 0 unspecified atom stereocenters. The number of aryl methyl sites for hydroxylation is 4. The molecule has 0 aliphatic rings. The Labute approximate surface area is 300 Å². The van der Waals surface area contributed by atoms with E-state index in [0.29, 0.717) is 0 Å². The second kappa shape index (κ2) is 14.3. The normalized spacial score (nSPS) is 10.9. The minimum absolute atomic E-state index is 0.734. The van der Waals surface area contributed by atoms with Crippen molar-refractivity contribution in [3.8, 4) is 56.3 Å². The summed E-state index contributed by atoms with van der Waals surface area (Å²) in [6.07, 6.45) is 3.90. The van der Waals surface area contributed by atoms with Gasteiger partial charge in [-0.1, -0.05) is 72.8 Å². The zero-order chi connectivity index (χ0) is 35.5. The third-order valence-electron chi connectivity index (χ3n) is 9.34. The zero-order valence-corrected chi connectivity index (χ0v) is 29.9. The first-order valence-corrected chi connectivity index (χ1v) is 17.1. The van der Waals surface area contributed by atoms with E-state index in [-0.39, 0.29) is 0 Å². The third-order valence-corrected chi connectivity index (χ3v) is 9.34. The van der Waals surface area contributed by atoms with Crippen LogP contribution in [0.5, 0.6) is 11.5 Å². The summed E-state index contributed by atoms with van der Waals surface area (Å²) in [6, 6.07) is 44.4. The van der Waals surface area contributed by atoms with Gasteiger partial charge in [-0.3, -0.25) is 9.97 Å². The van der Waals surface area contributed by atoms with Crippen molar-refractivity contribution in [1.29, 1.82) is 0 Å². The predicted molar refractivity (Wildman–Crippen MR) is 211 cm³/mol. The Bertz CT molecular complexity index is 2190. The summed E-state index contributed by atoms with van der Waals surface area (Å²) in [4.78, 5) is 12.1. The van der Waals surface area contributed by atoms with Crippen molar-refractivity contribution in [2.45, 2.75) is 27.7 Å². The minimum atomic E-state index is 0.734. The second-order valence-corrected chi connectivity index (χ2v) is 13.0. The van der Waals surface area contributed by atoms with Gasteiger partial charge in [-0.05, 0) is 115 Å². The predicted octanol–water partition coefficient (Wildman–Crippen LogP) is 11.9. The number of hydrogen-bond acceptors (Lipinski definition) is 5. The van der Waals surface area contributed by atoms with Gasteiger partial charge >= 0.3 is 0 Å². The molecule has 7 rings (SSSR count). The fourth-order valence-electron chi connectivity index (χ4n) is 6.56. The average Bonchev–Trinajstić information content (AvgIpc) is 3.17. The van der Waals surface area contributed by atoms with Crippen molar-refractivity contribution < 1.29 is 9.47 Å². The summed E-state index contributed by atoms with van der Waals surface area (Å²) in [5.41, 5.74) is 15.7. The summed E-state index contributed by atoms with van der Waals surface area (Å²) >= 11 is 0. The van der Waals surface area contributed by atoms with Crippen LogP contribution in [-0.2, 0) is 0 Å². The number of benzene rings is 5. The number of anilines is 3. The number of rotatable bonds is 9. The van der Waals surface area contributed by atoms with Crippen LogP contribution in [0.1, 0.15) is 22.3 Å². The van der Waals surface area contributed by atoms with Crippen LogP contribution in [0.3, 0.4) is 0 Å². The molecule has 0 bridgehead atoms. The van der Waals surface area contributed by atoms with Crippen molar-refractivity contribution in [3.05, 3.63) is 162 Å². The highest BCUT2D eigenvalue weighted by atomic mass is 16.5. The number of aromatic nitrogens is 2. The van der Waals surface area contributed by atoms with Crippen LogP contribution in [0.25, 0.3) is 44.8 Å². The molecule has 5 aromatic carbocycles. The number of hydrogen-bond donors (Lipinski definition) is 0. The lowest BCUT2D eigenvalue weighted by Crippen LogP contribution is -2.12. The highest BCUT2D eigenvalue weighted by molar-refractivity contribution is 5.86. The SMILES string of the molecule is COc1cc(-c2cc(-c3ccccc3)c(C)cn2)cc(N(c2cc(OC)cc(-c3cc(-c4ccccc4)c(C)cn3)c2)c2cc(C)ccc2C)c1. The summed E-state index contributed by atoms with van der Waals surface area (Å²) in [7, 11) is 3.42. The Morgan fingerprint density at radius 2 is 0.922 bits per heavy atom. The Kier molecular flexibility index (Phi) is 9.36. The van der Waals surface area contributed by atoms with E-state index in [1.165, 1.54) is 0 Å². The summed E-state index contributed by atoms with van der Waals surface area (Å²) in [5.74, 6) is 1.47. The molecule has 0 saturated carbocycles. The molecule has 2 heterocycles. The molecule has 7 aromatic rings. The number of methoxy groups -OCH3 is 2. The molecule has 0 amide bonds. The van der Waals surface area contributed by atoms with Gasteiger partial charge < -0.3 is 14.4 Å². The first-order chi connectivity index (χ1) is 24.8. The van der Waals surface area contributed by atoms with Crippen LogP contribution in [0, 0.1) is 27.7 Å². The van der Waals surface area contributed by atoms with Crippen molar-refractivity contribution in [2.24, 2.45) is 0 Å². The number of nitrogens with zero attached hydrogens (tertiary/aromatic N) is 3. The first-order valence-electron chi connectivity index (χ1n) is 17.1. The second-order valence-electron chi connectivity index (χ2n) is 13.0. The standard InChI is InChI=1S/C46H41N3O2/c1-30-17-18-31(2)46(19-30)49(38-20-36(22-40(24-38)50-5)44-26-42(32(3)28-47-44)34-13-9-7-10-14-34)39-21-37(23-41(25-39)51-6)45-27-43(33(4)29-48-45)35-15-11-8-12-16-35/h7-29H,1-6H3. The van der Waals surface area contributed by atoms with Crippen LogP contribution in [0.15, 0.2) is 140 Å². The monoisotopic (exact) mass is 667 g/mol. The Morgan fingerprint density at radius 1 is 0.451 bits per heavy atom. The molecular formula is C46H41N3O2. The van der Waals surface area contributed by atoms with Crippen LogP contribution >= 0.6 is 0 Å². The van der Waals surface area contributed by atoms with Crippen LogP contribution in [0.4, 0.5) is 17.1 Å². The minimum Gasteiger partial charge on any atom is -0.497 e. The van der Waals surface area contributed by atoms with Gasteiger partial charge in [0.25, 0.3) is 0 Å². The maximum Gasteiger partial charge on any atom is 0.121 e. The Hall–Kier alpha value is -6.20. The molecule has 0 aliphatic heterocycles. The molecule has 0 atom stereocenters. The zero-order valence-electron chi connectivity index (χ0n) is 29.9. The van der Waals surface area contributed by atoms with Gasteiger partial charge in [0.05, 0.1) is 37.0 Å². The van der Waals surface area contributed by atoms with Crippen molar-refractivity contribution in [3.63, 3.8) is 0 Å². The van der Waals surface area contributed by atoms with Crippen LogP contribution in [0.2, 0.25) is 0 Å². The quantitative estimate of drug-likeness (QED) is 0.153.